The van der Waals surface area contributed by atoms with E-state index in [1.54, 1.807) is 0 Å². The second kappa shape index (κ2) is 90.1. The zero-order valence-electron chi connectivity index (χ0n) is 3.70. The maximum atomic E-state index is 0. The average Bonchev–Trinajstić information content (AvgIpc) is 0. The van der Waals surface area contributed by atoms with Gasteiger partial charge in [-0.25, -0.2) is 0 Å². The number of rotatable bonds is 0. The fourth-order valence-corrected chi connectivity index (χ4v) is 0. The topological polar surface area (TPSA) is 120 Å². The Morgan fingerprint density at radius 2 is 0.429 bits per heavy atom. The van der Waals surface area contributed by atoms with Gasteiger partial charge < -0.3 is 21.9 Å². The van der Waals surface area contributed by atoms with Crippen molar-refractivity contribution in [1.29, 1.82) is 0 Å². The van der Waals surface area contributed by atoms with Crippen molar-refractivity contribution in [2.75, 3.05) is 0 Å². The van der Waals surface area contributed by atoms with Gasteiger partial charge in [0.25, 0.3) is 0 Å². The Morgan fingerprint density at radius 1 is 0.429 bits per heavy atom. The summed E-state index contributed by atoms with van der Waals surface area (Å²) in [6.07, 6.45) is 0. The maximum absolute atomic E-state index is 0. The Hall–Kier alpha value is 2.15. The largest absolute Gasteiger partial charge is 0 e. The monoisotopic (exact) mass is 360 g/mol. The Labute approximate surface area is 90.5 Å². The molecule has 0 bridgehead atoms. The van der Waals surface area contributed by atoms with E-state index >= 15 is 0 Å². The molecule has 0 fully saturated rings. The third kappa shape index (κ3) is 66.6. The second-order valence-electron chi connectivity index (χ2n) is 0. The van der Waals surface area contributed by atoms with E-state index in [0.717, 1.165) is 0 Å². The van der Waals surface area contributed by atoms with Crippen LogP contribution < -0.4 is 0 Å². The van der Waals surface area contributed by atoms with Crippen LogP contribution in [0.5, 0.6) is 0 Å². The summed E-state index contributed by atoms with van der Waals surface area (Å²) in [6.45, 7) is 0. The van der Waals surface area contributed by atoms with Crippen molar-refractivity contribution in [3.8, 4) is 0 Å². The van der Waals surface area contributed by atoms with Crippen molar-refractivity contribution >= 4 is 47.8 Å². The first kappa shape index (κ1) is 131. The minimum absolute atomic E-state index is 0. The molecule has 7 heavy (non-hydrogen) atoms. The van der Waals surface area contributed by atoms with Gasteiger partial charge in [-0.1, -0.05) is 0 Å². The van der Waals surface area contributed by atoms with Crippen molar-refractivity contribution in [3.63, 3.8) is 0 Å². The van der Waals surface area contributed by atoms with Crippen molar-refractivity contribution in [2.24, 2.45) is 0 Å². The minimum atomic E-state index is 0. The molecule has 0 aliphatic heterocycles. The summed E-state index contributed by atoms with van der Waals surface area (Å²) in [5.41, 5.74) is 0. The molecule has 0 aliphatic rings. The second-order valence-corrected chi connectivity index (χ2v) is 0. The van der Waals surface area contributed by atoms with Crippen LogP contribution in [0.25, 0.3) is 0 Å². The number of hydrogen-bond donors (Lipinski definition) is 0. The van der Waals surface area contributed by atoms with Gasteiger partial charge in [0.1, 0.15) is 0 Å². The third-order valence-electron chi connectivity index (χ3n) is 0. The molecule has 0 amide bonds. The van der Waals surface area contributed by atoms with Crippen molar-refractivity contribution in [3.05, 3.63) is 0 Å². The van der Waals surface area contributed by atoms with E-state index in [9.17, 15) is 0 Å². The van der Waals surface area contributed by atoms with Gasteiger partial charge in [-0.3, -0.25) is 0 Å². The summed E-state index contributed by atoms with van der Waals surface area (Å²) >= 11 is 0. The zero-order valence-corrected chi connectivity index (χ0v) is 13.3. The molecule has 0 saturated carbocycles. The summed E-state index contributed by atoms with van der Waals surface area (Å²) in [5.74, 6) is 0. The molecule has 44 valence electrons. The molecular formula is H8O4Sn2Ti. The summed E-state index contributed by atoms with van der Waals surface area (Å²) in [5, 5.41) is 0. The van der Waals surface area contributed by atoms with E-state index in [0.29, 0.717) is 0 Å². The Balaban J connectivity index is 0. The summed E-state index contributed by atoms with van der Waals surface area (Å²) in [6, 6.07) is 0. The molecular weight excluding hydrogens is 349 g/mol. The molecule has 0 heterocycles. The molecule has 0 aromatic carbocycles. The van der Waals surface area contributed by atoms with E-state index in [-0.39, 0.29) is 91.4 Å². The van der Waals surface area contributed by atoms with Crippen molar-refractivity contribution < 1.29 is 43.6 Å². The molecule has 0 rings (SSSR count). The number of hydrogen-bond acceptors (Lipinski definition) is 4. The van der Waals surface area contributed by atoms with Gasteiger partial charge in [0.2, 0.25) is 0 Å². The van der Waals surface area contributed by atoms with Gasteiger partial charge in [0, 0.05) is 21.7 Å². The summed E-state index contributed by atoms with van der Waals surface area (Å²) in [7, 11) is 0. The molecule has 0 unspecified atom stereocenters. The van der Waals surface area contributed by atoms with E-state index in [4.69, 9.17) is 0 Å². The molecule has 0 aliphatic carbocycles. The first-order valence-corrected chi connectivity index (χ1v) is 0. The zero-order chi connectivity index (χ0) is 0. The van der Waals surface area contributed by atoms with Gasteiger partial charge in [0.05, 0.1) is 0 Å². The standard InChI is InChI=1S/4H2O.2Sn.Ti.4H/h4*1H2;;;;;;;/q;;;;2*+2;;;;;/p-4. The van der Waals surface area contributed by atoms with Crippen LogP contribution in [0.15, 0.2) is 0 Å². The van der Waals surface area contributed by atoms with Crippen LogP contribution >= 0.6 is 0 Å². The predicted molar refractivity (Wildman–Crippen MR) is 24.8 cm³/mol. The van der Waals surface area contributed by atoms with E-state index in [1.165, 1.54) is 0 Å². The molecule has 0 aromatic rings. The molecule has 0 saturated heterocycles. The Bertz CT molecular complexity index is 9.65. The molecule has 0 spiro atoms. The first-order chi connectivity index (χ1) is 0. The van der Waals surface area contributed by atoms with Gasteiger partial charge in [-0.2, -0.15) is 0 Å². The van der Waals surface area contributed by atoms with Gasteiger partial charge in [0.15, 0.2) is 0 Å². The van der Waals surface area contributed by atoms with Crippen molar-refractivity contribution in [2.45, 2.75) is 0 Å². The minimum Gasteiger partial charge on any atom is 0 e. The Kier molecular flexibility index (Phi) is 1690. The quantitative estimate of drug-likeness (QED) is 0.444. The van der Waals surface area contributed by atoms with E-state index in [1.807, 2.05) is 0 Å². The van der Waals surface area contributed by atoms with Crippen LogP contribution in [0, 0.1) is 0 Å². The van der Waals surface area contributed by atoms with E-state index < -0.39 is 0 Å². The summed E-state index contributed by atoms with van der Waals surface area (Å²) < 4.78 is 0. The normalized spacial score (nSPS) is 0. The molecule has 4 nitrogen and oxygen atoms in total. The van der Waals surface area contributed by atoms with Crippen LogP contribution in [-0.2, 0) is 21.7 Å². The van der Waals surface area contributed by atoms with Gasteiger partial charge in [-0.05, 0) is 0 Å². The molecule has 0 aromatic heterocycles. The predicted octanol–water partition coefficient (Wildman–Crippen LogP) is -2.54. The van der Waals surface area contributed by atoms with Crippen LogP contribution in [0.1, 0.15) is 0 Å². The maximum Gasteiger partial charge on any atom is 0 e. The van der Waals surface area contributed by atoms with Gasteiger partial charge in [-0.15, -0.1) is 0 Å². The molecule has 4 N–H and O–H groups in total. The molecule has 0 radical (unpaired) electrons. The SMILES string of the molecule is [OH-].[OH-].[OH-].[OH-].[SnH2+2].[SnH2+2].[Ti]. The Morgan fingerprint density at radius 3 is 0.429 bits per heavy atom. The van der Waals surface area contributed by atoms with Crippen LogP contribution in [0.4, 0.5) is 0 Å². The summed E-state index contributed by atoms with van der Waals surface area (Å²) in [4.78, 5) is 0. The average molecular weight is 357 g/mol. The van der Waals surface area contributed by atoms with Crippen LogP contribution in [0.3, 0.4) is 0 Å². The molecule has 0 atom stereocenters. The van der Waals surface area contributed by atoms with Crippen molar-refractivity contribution in [1.82, 2.24) is 0 Å². The first-order valence-electron chi connectivity index (χ1n) is 0. The third-order valence-corrected chi connectivity index (χ3v) is 0. The fourth-order valence-electron chi connectivity index (χ4n) is 0. The van der Waals surface area contributed by atoms with Gasteiger partial charge >= 0.3 is 47.8 Å². The van der Waals surface area contributed by atoms with Crippen LogP contribution in [0.2, 0.25) is 0 Å². The molecule has 7 heteroatoms. The smallest absolute Gasteiger partial charge is 0 e. The fraction of sp³-hybridized carbons (Fsp3) is 0. The van der Waals surface area contributed by atoms with Crippen LogP contribution in [-0.4, -0.2) is 69.7 Å². The van der Waals surface area contributed by atoms with E-state index in [2.05, 4.69) is 0 Å².